The molecule has 0 aliphatic carbocycles. The summed E-state index contributed by atoms with van der Waals surface area (Å²) in [5, 5.41) is 0. The Kier molecular flexibility index (Phi) is 8.03. The first kappa shape index (κ1) is 20.8. The molecule has 0 heterocycles. The van der Waals surface area contributed by atoms with E-state index in [9.17, 15) is 0 Å². The fourth-order valence-electron chi connectivity index (χ4n) is 2.43. The van der Waals surface area contributed by atoms with Gasteiger partial charge in [-0.25, -0.2) is 0 Å². The Bertz CT molecular complexity index is 558. The first-order chi connectivity index (χ1) is 11.1. The monoisotopic (exact) mass is 344 g/mol. The van der Waals surface area contributed by atoms with Crippen molar-refractivity contribution in [3.63, 3.8) is 0 Å². The number of rotatable bonds is 4. The topological polar surface area (TPSA) is 0 Å². The molecule has 0 saturated heterocycles. The molecule has 0 spiro atoms. The average Bonchev–Trinajstić information content (AvgIpc) is 2.53. The van der Waals surface area contributed by atoms with Crippen LogP contribution in [0, 0.1) is 5.41 Å². The van der Waals surface area contributed by atoms with Crippen molar-refractivity contribution < 1.29 is 0 Å². The van der Waals surface area contributed by atoms with Gasteiger partial charge in [0.1, 0.15) is 0 Å². The van der Waals surface area contributed by atoms with Crippen LogP contribution in [0.1, 0.15) is 71.4 Å². The van der Waals surface area contributed by atoms with Crippen LogP contribution >= 0.6 is 11.6 Å². The predicted molar refractivity (Wildman–Crippen MR) is 109 cm³/mol. The predicted octanol–water partition coefficient (Wildman–Crippen LogP) is 7.78. The van der Waals surface area contributed by atoms with Crippen LogP contribution in [0.25, 0.3) is 0 Å². The van der Waals surface area contributed by atoms with Crippen LogP contribution < -0.4 is 0 Å². The Labute approximate surface area is 154 Å². The van der Waals surface area contributed by atoms with E-state index in [1.807, 2.05) is 44.2 Å². The van der Waals surface area contributed by atoms with E-state index in [1.54, 1.807) is 0 Å². The van der Waals surface area contributed by atoms with Crippen molar-refractivity contribution >= 4 is 11.6 Å². The zero-order valence-electron chi connectivity index (χ0n) is 16.1. The van der Waals surface area contributed by atoms with E-state index < -0.39 is 0 Å². The van der Waals surface area contributed by atoms with Crippen LogP contribution in [0.4, 0.5) is 0 Å². The molecule has 0 amide bonds. The Morgan fingerprint density at radius 3 is 1.62 bits per heavy atom. The molecule has 0 radical (unpaired) electrons. The average molecular weight is 345 g/mol. The van der Waals surface area contributed by atoms with Gasteiger partial charge in [-0.05, 0) is 49.1 Å². The normalized spacial score (nSPS) is 13.0. The molecule has 0 aromatic heterocycles. The molecule has 1 atom stereocenters. The third-order valence-electron chi connectivity index (χ3n) is 4.16. The van der Waals surface area contributed by atoms with Gasteiger partial charge >= 0.3 is 0 Å². The Hall–Kier alpha value is -1.27. The second-order valence-electron chi connectivity index (χ2n) is 8.25. The molecule has 1 heteroatoms. The van der Waals surface area contributed by atoms with Crippen molar-refractivity contribution in [1.29, 1.82) is 0 Å². The molecular weight excluding hydrogens is 312 g/mol. The summed E-state index contributed by atoms with van der Waals surface area (Å²) in [6.45, 7) is 13.2. The van der Waals surface area contributed by atoms with Crippen LogP contribution in [-0.2, 0) is 4.87 Å². The van der Waals surface area contributed by atoms with Gasteiger partial charge in [-0.2, -0.15) is 0 Å². The van der Waals surface area contributed by atoms with Crippen LogP contribution in [0.5, 0.6) is 0 Å². The Balaban J connectivity index is 0.000000254. The summed E-state index contributed by atoms with van der Waals surface area (Å²) < 4.78 is 0. The highest BCUT2D eigenvalue weighted by atomic mass is 35.5. The number of hydrogen-bond donors (Lipinski definition) is 0. The van der Waals surface area contributed by atoms with Crippen molar-refractivity contribution in [2.75, 3.05) is 0 Å². The SMILES string of the molecule is CC(C)(Cl)c1ccccc1.CC(CCC(C)(C)C)c1ccccc1. The second kappa shape index (κ2) is 9.28. The van der Waals surface area contributed by atoms with Gasteiger partial charge in [-0.15, -0.1) is 11.6 Å². The maximum atomic E-state index is 6.06. The third-order valence-corrected chi connectivity index (χ3v) is 4.37. The quantitative estimate of drug-likeness (QED) is 0.497. The molecule has 2 aromatic carbocycles. The minimum absolute atomic E-state index is 0.235. The highest BCUT2D eigenvalue weighted by molar-refractivity contribution is 6.23. The van der Waals surface area contributed by atoms with Gasteiger partial charge in [0.25, 0.3) is 0 Å². The highest BCUT2D eigenvalue weighted by Crippen LogP contribution is 2.28. The molecule has 0 aliphatic rings. The van der Waals surface area contributed by atoms with E-state index >= 15 is 0 Å². The minimum Gasteiger partial charge on any atom is -0.115 e. The van der Waals surface area contributed by atoms with Gasteiger partial charge in [0, 0.05) is 0 Å². The molecule has 0 aliphatic heterocycles. The fourth-order valence-corrected chi connectivity index (χ4v) is 2.56. The standard InChI is InChI=1S/C14H22.C9H11Cl/c1-12(10-11-14(2,3)4)13-8-6-5-7-9-13;1-9(2,10)8-6-4-3-5-7-8/h5-9,12H,10-11H2,1-4H3;3-7H,1-2H3. The lowest BCUT2D eigenvalue weighted by Gasteiger charge is -2.21. The molecule has 0 nitrogen and oxygen atoms in total. The van der Waals surface area contributed by atoms with Crippen molar-refractivity contribution in [2.24, 2.45) is 5.41 Å². The van der Waals surface area contributed by atoms with Crippen molar-refractivity contribution in [3.05, 3.63) is 71.8 Å². The molecule has 0 saturated carbocycles. The van der Waals surface area contributed by atoms with Gasteiger partial charge < -0.3 is 0 Å². The zero-order valence-corrected chi connectivity index (χ0v) is 16.9. The van der Waals surface area contributed by atoms with E-state index in [2.05, 4.69) is 58.0 Å². The lowest BCUT2D eigenvalue weighted by Crippen LogP contribution is -2.06. The summed E-state index contributed by atoms with van der Waals surface area (Å²) in [6.07, 6.45) is 2.58. The lowest BCUT2D eigenvalue weighted by atomic mass is 9.85. The molecule has 0 N–H and O–H groups in total. The number of alkyl halides is 1. The molecule has 1 unspecified atom stereocenters. The van der Waals surface area contributed by atoms with E-state index in [4.69, 9.17) is 11.6 Å². The smallest absolute Gasteiger partial charge is 0.0638 e. The maximum absolute atomic E-state index is 6.06. The third kappa shape index (κ3) is 8.55. The summed E-state index contributed by atoms with van der Waals surface area (Å²) >= 11 is 6.06. The molecule has 0 bridgehead atoms. The summed E-state index contributed by atoms with van der Waals surface area (Å²) in [5.41, 5.74) is 3.09. The maximum Gasteiger partial charge on any atom is 0.0638 e. The van der Waals surface area contributed by atoms with Crippen LogP contribution in [0.15, 0.2) is 60.7 Å². The minimum atomic E-state index is -0.235. The van der Waals surface area contributed by atoms with Crippen molar-refractivity contribution in [1.82, 2.24) is 0 Å². The Morgan fingerprint density at radius 2 is 1.25 bits per heavy atom. The van der Waals surface area contributed by atoms with Gasteiger partial charge in [-0.3, -0.25) is 0 Å². The molecule has 2 aromatic rings. The second-order valence-corrected chi connectivity index (χ2v) is 9.19. The van der Waals surface area contributed by atoms with Crippen LogP contribution in [-0.4, -0.2) is 0 Å². The van der Waals surface area contributed by atoms with Gasteiger partial charge in [0.05, 0.1) is 4.87 Å². The molecule has 132 valence electrons. The molecule has 0 fully saturated rings. The van der Waals surface area contributed by atoms with E-state index in [0.29, 0.717) is 11.3 Å². The fraction of sp³-hybridized carbons (Fsp3) is 0.478. The lowest BCUT2D eigenvalue weighted by molar-refractivity contribution is 0.352. The molecular formula is C23H33Cl. The highest BCUT2D eigenvalue weighted by Gasteiger charge is 2.14. The number of hydrogen-bond acceptors (Lipinski definition) is 0. The van der Waals surface area contributed by atoms with Crippen LogP contribution in [0.3, 0.4) is 0 Å². The van der Waals surface area contributed by atoms with Crippen molar-refractivity contribution in [2.45, 2.75) is 65.2 Å². The van der Waals surface area contributed by atoms with E-state index in [-0.39, 0.29) is 4.87 Å². The number of benzene rings is 2. The first-order valence-corrected chi connectivity index (χ1v) is 9.27. The molecule has 2 rings (SSSR count). The van der Waals surface area contributed by atoms with Crippen molar-refractivity contribution in [3.8, 4) is 0 Å². The number of halogens is 1. The van der Waals surface area contributed by atoms with Gasteiger partial charge in [0.15, 0.2) is 0 Å². The summed E-state index contributed by atoms with van der Waals surface area (Å²) in [6, 6.07) is 20.9. The molecule has 24 heavy (non-hydrogen) atoms. The largest absolute Gasteiger partial charge is 0.115 e. The zero-order chi connectivity index (χ0) is 18.2. The van der Waals surface area contributed by atoms with E-state index in [1.165, 1.54) is 18.4 Å². The van der Waals surface area contributed by atoms with Crippen LogP contribution in [0.2, 0.25) is 0 Å². The summed E-state index contributed by atoms with van der Waals surface area (Å²) in [4.78, 5) is -0.235. The Morgan fingerprint density at radius 1 is 0.792 bits per heavy atom. The van der Waals surface area contributed by atoms with Gasteiger partial charge in [-0.1, -0.05) is 88.4 Å². The first-order valence-electron chi connectivity index (χ1n) is 8.89. The van der Waals surface area contributed by atoms with Gasteiger partial charge in [0.2, 0.25) is 0 Å². The summed E-state index contributed by atoms with van der Waals surface area (Å²) in [7, 11) is 0. The van der Waals surface area contributed by atoms with E-state index in [0.717, 1.165) is 5.56 Å². The summed E-state index contributed by atoms with van der Waals surface area (Å²) in [5.74, 6) is 0.690.